The van der Waals surface area contributed by atoms with Crippen LogP contribution in [-0.4, -0.2) is 48.3 Å². The second-order valence-corrected chi connectivity index (χ2v) is 5.91. The molecule has 1 N–H and O–H groups in total. The molecule has 3 rings (SSSR count). The van der Waals surface area contributed by atoms with E-state index in [4.69, 9.17) is 4.74 Å². The number of rotatable bonds is 2. The lowest BCUT2D eigenvalue weighted by atomic mass is 9.76. The van der Waals surface area contributed by atoms with Crippen LogP contribution in [0.3, 0.4) is 0 Å². The van der Waals surface area contributed by atoms with Crippen molar-refractivity contribution in [2.75, 3.05) is 14.2 Å². The predicted molar refractivity (Wildman–Crippen MR) is 75.3 cm³/mol. The summed E-state index contributed by atoms with van der Waals surface area (Å²) in [5.74, 6) is -0.372. The fourth-order valence-corrected chi connectivity index (χ4v) is 4.02. The van der Waals surface area contributed by atoms with Crippen LogP contribution in [-0.2, 0) is 9.53 Å². The quantitative estimate of drug-likeness (QED) is 0.829. The molecule has 108 valence electrons. The molecule has 2 fully saturated rings. The number of esters is 1. The van der Waals surface area contributed by atoms with Crippen molar-refractivity contribution in [1.82, 2.24) is 4.90 Å². The van der Waals surface area contributed by atoms with E-state index in [2.05, 4.69) is 17.0 Å². The number of carbonyl (C=O) groups excluding carboxylic acids is 1. The van der Waals surface area contributed by atoms with E-state index in [1.54, 1.807) is 0 Å². The summed E-state index contributed by atoms with van der Waals surface area (Å²) in [5, 5.41) is 10.3. The van der Waals surface area contributed by atoms with Crippen molar-refractivity contribution < 1.29 is 14.6 Å². The minimum Gasteiger partial charge on any atom is -0.469 e. The molecule has 1 aromatic rings. The number of carbonyl (C=O) groups is 1. The van der Waals surface area contributed by atoms with E-state index in [9.17, 15) is 9.90 Å². The average molecular weight is 275 g/mol. The number of likely N-dealkylation sites (N-methyl/N-ethyl adjacent to an activating group) is 1. The number of ether oxygens (including phenoxy) is 1. The Morgan fingerprint density at radius 3 is 2.65 bits per heavy atom. The fourth-order valence-electron chi connectivity index (χ4n) is 4.02. The van der Waals surface area contributed by atoms with Crippen molar-refractivity contribution in [3.05, 3.63) is 35.9 Å². The maximum atomic E-state index is 12.3. The lowest BCUT2D eigenvalue weighted by molar-refractivity contribution is -0.151. The molecule has 2 bridgehead atoms. The molecule has 0 saturated carbocycles. The van der Waals surface area contributed by atoms with Gasteiger partial charge in [-0.25, -0.2) is 0 Å². The SMILES string of the molecule is COC(=O)[C@@H]1C2[C@H](O)CC(C[C@@H]1c1ccccc1)N2C. The molecule has 2 aliphatic heterocycles. The Morgan fingerprint density at radius 1 is 1.30 bits per heavy atom. The highest BCUT2D eigenvalue weighted by atomic mass is 16.5. The van der Waals surface area contributed by atoms with Crippen molar-refractivity contribution >= 4 is 5.97 Å². The van der Waals surface area contributed by atoms with Gasteiger partial charge in [0.2, 0.25) is 0 Å². The average Bonchev–Trinajstić information content (AvgIpc) is 2.66. The molecule has 2 heterocycles. The van der Waals surface area contributed by atoms with Gasteiger partial charge >= 0.3 is 5.97 Å². The number of hydrogen-bond acceptors (Lipinski definition) is 4. The monoisotopic (exact) mass is 275 g/mol. The zero-order valence-corrected chi connectivity index (χ0v) is 11.9. The molecule has 0 radical (unpaired) electrons. The second kappa shape index (κ2) is 5.19. The number of nitrogens with zero attached hydrogens (tertiary/aromatic N) is 1. The lowest BCUT2D eigenvalue weighted by Crippen LogP contribution is -2.51. The molecule has 0 spiro atoms. The smallest absolute Gasteiger partial charge is 0.310 e. The van der Waals surface area contributed by atoms with Gasteiger partial charge in [-0.1, -0.05) is 30.3 Å². The Bertz CT molecular complexity index is 490. The first kappa shape index (κ1) is 13.6. The predicted octanol–water partition coefficient (Wildman–Crippen LogP) is 1.40. The normalized spacial score (nSPS) is 36.9. The van der Waals surface area contributed by atoms with Gasteiger partial charge in [-0.2, -0.15) is 0 Å². The van der Waals surface area contributed by atoms with E-state index < -0.39 is 6.10 Å². The van der Waals surface area contributed by atoms with E-state index in [1.165, 1.54) is 12.7 Å². The highest BCUT2D eigenvalue weighted by Gasteiger charge is 2.53. The Hall–Kier alpha value is -1.39. The second-order valence-electron chi connectivity index (χ2n) is 5.91. The number of benzene rings is 1. The number of aliphatic hydroxyl groups excluding tert-OH is 1. The minimum atomic E-state index is -0.442. The third-order valence-corrected chi connectivity index (χ3v) is 4.98. The van der Waals surface area contributed by atoms with Gasteiger partial charge in [0.25, 0.3) is 0 Å². The maximum Gasteiger partial charge on any atom is 0.310 e. The molecule has 0 aliphatic carbocycles. The Balaban J connectivity index is 1.99. The molecule has 2 saturated heterocycles. The van der Waals surface area contributed by atoms with Crippen LogP contribution in [0.4, 0.5) is 0 Å². The van der Waals surface area contributed by atoms with Crippen molar-refractivity contribution in [3.63, 3.8) is 0 Å². The van der Waals surface area contributed by atoms with Crippen molar-refractivity contribution in [1.29, 1.82) is 0 Å². The number of piperidine rings is 1. The molecular weight excluding hydrogens is 254 g/mol. The number of fused-ring (bicyclic) bond motifs is 2. The van der Waals surface area contributed by atoms with Crippen LogP contribution in [0.25, 0.3) is 0 Å². The topological polar surface area (TPSA) is 49.8 Å². The zero-order valence-electron chi connectivity index (χ0n) is 11.9. The van der Waals surface area contributed by atoms with Gasteiger partial charge in [0.1, 0.15) is 0 Å². The molecule has 1 aromatic carbocycles. The molecule has 2 unspecified atom stereocenters. The van der Waals surface area contributed by atoms with E-state index in [0.29, 0.717) is 6.04 Å². The molecular formula is C16H21NO3. The van der Waals surface area contributed by atoms with Crippen LogP contribution >= 0.6 is 0 Å². The molecule has 4 nitrogen and oxygen atoms in total. The van der Waals surface area contributed by atoms with Gasteiger partial charge in [-0.3, -0.25) is 9.69 Å². The summed E-state index contributed by atoms with van der Waals surface area (Å²) in [4.78, 5) is 14.4. The molecule has 2 aliphatic rings. The first-order chi connectivity index (χ1) is 9.63. The molecule has 0 amide bonds. The number of methoxy groups -OCH3 is 1. The van der Waals surface area contributed by atoms with Crippen LogP contribution < -0.4 is 0 Å². The summed E-state index contributed by atoms with van der Waals surface area (Å²) in [6.07, 6.45) is 1.20. The third-order valence-electron chi connectivity index (χ3n) is 4.98. The van der Waals surface area contributed by atoms with Crippen LogP contribution in [0.1, 0.15) is 24.3 Å². The maximum absolute atomic E-state index is 12.3. The van der Waals surface area contributed by atoms with Gasteiger partial charge < -0.3 is 9.84 Å². The van der Waals surface area contributed by atoms with E-state index in [0.717, 1.165) is 12.8 Å². The summed E-state index contributed by atoms with van der Waals surface area (Å²) >= 11 is 0. The molecule has 20 heavy (non-hydrogen) atoms. The van der Waals surface area contributed by atoms with Gasteiger partial charge in [-0.15, -0.1) is 0 Å². The van der Waals surface area contributed by atoms with Gasteiger partial charge in [0, 0.05) is 18.0 Å². The number of aliphatic hydroxyl groups is 1. The van der Waals surface area contributed by atoms with Crippen molar-refractivity contribution in [2.45, 2.75) is 36.9 Å². The summed E-state index contributed by atoms with van der Waals surface area (Å²) in [6.45, 7) is 0. The van der Waals surface area contributed by atoms with Crippen LogP contribution in [0.2, 0.25) is 0 Å². The van der Waals surface area contributed by atoms with Crippen molar-refractivity contribution in [3.8, 4) is 0 Å². The standard InChI is InChI=1S/C16H21NO3/c1-17-11-8-12(10-6-4-3-5-7-10)14(16(19)20-2)15(17)13(18)9-11/h3-7,11-15,18H,8-9H2,1-2H3/t11?,12-,13-,14+,15?/m1/s1. The van der Waals surface area contributed by atoms with Crippen molar-refractivity contribution in [2.24, 2.45) is 5.92 Å². The highest BCUT2D eigenvalue weighted by molar-refractivity contribution is 5.75. The molecule has 5 atom stereocenters. The summed E-state index contributed by atoms with van der Waals surface area (Å²) in [7, 11) is 3.43. The molecule has 4 heteroatoms. The van der Waals surface area contributed by atoms with E-state index in [-0.39, 0.29) is 23.8 Å². The number of hydrogen-bond donors (Lipinski definition) is 1. The Kier molecular flexibility index (Phi) is 3.52. The Morgan fingerprint density at radius 2 is 2.00 bits per heavy atom. The van der Waals surface area contributed by atoms with Crippen LogP contribution in [0.5, 0.6) is 0 Å². The lowest BCUT2D eigenvalue weighted by Gasteiger charge is -2.42. The first-order valence-electron chi connectivity index (χ1n) is 7.16. The summed E-state index contributed by atoms with van der Waals surface area (Å²) in [6, 6.07) is 10.3. The van der Waals surface area contributed by atoms with E-state index in [1.807, 2.05) is 25.2 Å². The first-order valence-corrected chi connectivity index (χ1v) is 7.16. The highest BCUT2D eigenvalue weighted by Crippen LogP contribution is 2.46. The largest absolute Gasteiger partial charge is 0.469 e. The zero-order chi connectivity index (χ0) is 14.3. The van der Waals surface area contributed by atoms with Crippen LogP contribution in [0.15, 0.2) is 30.3 Å². The summed E-state index contributed by atoms with van der Waals surface area (Å²) < 4.78 is 5.01. The van der Waals surface area contributed by atoms with Gasteiger partial charge in [0.05, 0.1) is 19.1 Å². The van der Waals surface area contributed by atoms with Gasteiger partial charge in [-0.05, 0) is 25.5 Å². The fraction of sp³-hybridized carbons (Fsp3) is 0.562. The Labute approximate surface area is 119 Å². The molecule has 0 aromatic heterocycles. The van der Waals surface area contributed by atoms with E-state index >= 15 is 0 Å². The van der Waals surface area contributed by atoms with Gasteiger partial charge in [0.15, 0.2) is 0 Å². The third kappa shape index (κ3) is 2.03. The minimum absolute atomic E-state index is 0.131. The summed E-state index contributed by atoms with van der Waals surface area (Å²) in [5.41, 5.74) is 1.17. The van der Waals surface area contributed by atoms with Crippen LogP contribution in [0, 0.1) is 5.92 Å².